The van der Waals surface area contributed by atoms with Gasteiger partial charge in [0, 0.05) is 25.1 Å². The van der Waals surface area contributed by atoms with E-state index >= 15 is 0 Å². The van der Waals surface area contributed by atoms with E-state index in [1.165, 1.54) is 7.05 Å². The van der Waals surface area contributed by atoms with Gasteiger partial charge in [0.2, 0.25) is 0 Å². The molecule has 2 amide bonds. The van der Waals surface area contributed by atoms with Crippen molar-refractivity contribution in [2.45, 2.75) is 51.3 Å². The van der Waals surface area contributed by atoms with E-state index in [2.05, 4.69) is 5.10 Å². The summed E-state index contributed by atoms with van der Waals surface area (Å²) in [5.41, 5.74) is -0.454. The van der Waals surface area contributed by atoms with Crippen LogP contribution in [-0.4, -0.2) is 85.6 Å². The lowest BCUT2D eigenvalue weighted by molar-refractivity contribution is -0.206. The van der Waals surface area contributed by atoms with Crippen molar-refractivity contribution in [2.24, 2.45) is 0 Å². The van der Waals surface area contributed by atoms with Crippen molar-refractivity contribution in [1.82, 2.24) is 19.7 Å². The third kappa shape index (κ3) is 6.54. The van der Waals surface area contributed by atoms with Crippen LogP contribution >= 0.6 is 0 Å². The number of hydroxylamine groups is 2. The SMILES string of the molecule is C[C@@H]1Cc2nn(CS(=O)[O-])c(C(=O)N(C)OC(C)(C)COCS(=O)[O-])c2CN1C(=O)O. The van der Waals surface area contributed by atoms with E-state index in [1.807, 2.05) is 0 Å². The summed E-state index contributed by atoms with van der Waals surface area (Å²) < 4.78 is 49.8. The normalized spacial score (nSPS) is 18.4. The van der Waals surface area contributed by atoms with Gasteiger partial charge in [0.1, 0.15) is 23.1 Å². The number of rotatable bonds is 9. The Hall–Kier alpha value is -1.91. The molecule has 1 aromatic rings. The fourth-order valence-electron chi connectivity index (χ4n) is 3.23. The molecule has 1 aliphatic heterocycles. The summed E-state index contributed by atoms with van der Waals surface area (Å²) in [6.45, 7) is 4.55. The molecule has 0 fully saturated rings. The summed E-state index contributed by atoms with van der Waals surface area (Å²) in [6, 6.07) is -0.398. The molecule has 0 aliphatic carbocycles. The number of hydrogen-bond donors (Lipinski definition) is 1. The minimum atomic E-state index is -2.56. The molecule has 0 spiro atoms. The van der Waals surface area contributed by atoms with Gasteiger partial charge in [0.25, 0.3) is 5.91 Å². The largest absolute Gasteiger partial charge is 0.771 e. The molecule has 1 aromatic heterocycles. The Balaban J connectivity index is 2.30. The van der Waals surface area contributed by atoms with Gasteiger partial charge in [-0.05, 0) is 42.9 Å². The first kappa shape index (κ1) is 25.4. The van der Waals surface area contributed by atoms with Crippen LogP contribution in [0.25, 0.3) is 0 Å². The molecule has 13 nitrogen and oxygen atoms in total. The first-order chi connectivity index (χ1) is 14.3. The van der Waals surface area contributed by atoms with Crippen molar-refractivity contribution < 1.29 is 41.8 Å². The maximum atomic E-state index is 13.1. The number of fused-ring (bicyclic) bond motifs is 1. The van der Waals surface area contributed by atoms with E-state index in [0.29, 0.717) is 11.3 Å². The quantitative estimate of drug-likeness (QED) is 0.367. The molecule has 0 saturated heterocycles. The maximum absolute atomic E-state index is 13.1. The van der Waals surface area contributed by atoms with Crippen LogP contribution < -0.4 is 0 Å². The molecule has 3 atom stereocenters. The Morgan fingerprint density at radius 1 is 1.32 bits per heavy atom. The van der Waals surface area contributed by atoms with Gasteiger partial charge >= 0.3 is 6.09 Å². The van der Waals surface area contributed by atoms with Crippen LogP contribution in [0.1, 0.15) is 42.5 Å². The Labute approximate surface area is 183 Å². The van der Waals surface area contributed by atoms with Crippen molar-refractivity contribution in [1.29, 1.82) is 0 Å². The Bertz CT molecular complexity index is 889. The molecular formula is C16H24N4O9S2-2. The van der Waals surface area contributed by atoms with Gasteiger partial charge in [-0.15, -0.1) is 0 Å². The van der Waals surface area contributed by atoms with Gasteiger partial charge in [-0.2, -0.15) is 5.10 Å². The Morgan fingerprint density at radius 2 is 1.97 bits per heavy atom. The predicted molar refractivity (Wildman–Crippen MR) is 105 cm³/mol. The summed E-state index contributed by atoms with van der Waals surface area (Å²) in [4.78, 5) is 31.4. The summed E-state index contributed by atoms with van der Waals surface area (Å²) >= 11 is -4.96. The van der Waals surface area contributed by atoms with Crippen molar-refractivity contribution in [3.05, 3.63) is 17.0 Å². The topological polar surface area (TPSA) is 177 Å². The smallest absolute Gasteiger partial charge is 0.407 e. The summed E-state index contributed by atoms with van der Waals surface area (Å²) in [6.07, 6.45) is -0.952. The third-order valence-corrected chi connectivity index (χ3v) is 5.27. The minimum Gasteiger partial charge on any atom is -0.771 e. The fourth-order valence-corrected chi connectivity index (χ4v) is 3.83. The molecule has 0 aromatic carbocycles. The average Bonchev–Trinajstić information content (AvgIpc) is 2.94. The predicted octanol–water partition coefficient (Wildman–Crippen LogP) is -0.220. The van der Waals surface area contributed by atoms with Crippen molar-refractivity contribution in [3.8, 4) is 0 Å². The van der Waals surface area contributed by atoms with Crippen LogP contribution in [0.2, 0.25) is 0 Å². The molecule has 176 valence electrons. The van der Waals surface area contributed by atoms with Gasteiger partial charge < -0.3 is 23.8 Å². The fraction of sp³-hybridized carbons (Fsp3) is 0.688. The van der Waals surface area contributed by atoms with Gasteiger partial charge in [-0.3, -0.25) is 18.0 Å². The standard InChI is InChI=1S/C16H26N4O9S2/c1-10-5-12-11(6-19(10)15(22)23)13(20(17-12)8-30(24)25)14(21)18(4)29-16(2,3)7-28-9-31(26)27/h10H,5-9H2,1-4H3,(H,22,23)(H,24,25)(H,26,27)/p-2/t10-/m1/s1. The lowest BCUT2D eigenvalue weighted by atomic mass is 10.00. The zero-order valence-electron chi connectivity index (χ0n) is 17.4. The molecular weight excluding hydrogens is 456 g/mol. The van der Waals surface area contributed by atoms with Gasteiger partial charge in [0.15, 0.2) is 0 Å². The Kier molecular flexibility index (Phi) is 8.29. The molecule has 0 radical (unpaired) electrons. The van der Waals surface area contributed by atoms with Crippen LogP contribution in [0, 0.1) is 0 Å². The lowest BCUT2D eigenvalue weighted by Gasteiger charge is -2.32. The molecule has 2 rings (SSSR count). The third-order valence-electron chi connectivity index (χ3n) is 4.46. The monoisotopic (exact) mass is 480 g/mol. The number of carbonyl (C=O) groups excluding carboxylic acids is 1. The van der Waals surface area contributed by atoms with Crippen LogP contribution in [0.4, 0.5) is 4.79 Å². The van der Waals surface area contributed by atoms with E-state index in [0.717, 1.165) is 14.6 Å². The van der Waals surface area contributed by atoms with Gasteiger partial charge in [-0.25, -0.2) is 14.5 Å². The second-order valence-electron chi connectivity index (χ2n) is 7.59. The van der Waals surface area contributed by atoms with Crippen LogP contribution in [-0.2, 0) is 50.6 Å². The first-order valence-electron chi connectivity index (χ1n) is 9.07. The minimum absolute atomic E-state index is 0.0998. The highest BCUT2D eigenvalue weighted by molar-refractivity contribution is 7.78. The lowest BCUT2D eigenvalue weighted by Crippen LogP contribution is -2.43. The van der Waals surface area contributed by atoms with E-state index in [-0.39, 0.29) is 25.3 Å². The number of ether oxygens (including phenoxy) is 1. The second-order valence-corrected chi connectivity index (χ2v) is 9.30. The summed E-state index contributed by atoms with van der Waals surface area (Å²) in [5.74, 6) is -1.87. The van der Waals surface area contributed by atoms with Crippen LogP contribution in [0.3, 0.4) is 0 Å². The first-order valence-corrected chi connectivity index (χ1v) is 11.6. The summed E-state index contributed by atoms with van der Waals surface area (Å²) in [7, 11) is 1.30. The number of nitrogens with zero attached hydrogens (tertiary/aromatic N) is 4. The van der Waals surface area contributed by atoms with Gasteiger partial charge in [-0.1, -0.05) is 0 Å². The Morgan fingerprint density at radius 3 is 2.52 bits per heavy atom. The number of hydrogen-bond acceptors (Lipinski definition) is 9. The zero-order valence-corrected chi connectivity index (χ0v) is 19.1. The van der Waals surface area contributed by atoms with Gasteiger partial charge in [0.05, 0.1) is 18.8 Å². The number of carbonyl (C=O) groups is 2. The molecule has 2 unspecified atom stereocenters. The van der Waals surface area contributed by atoms with E-state index in [9.17, 15) is 32.2 Å². The molecule has 0 bridgehead atoms. The van der Waals surface area contributed by atoms with Crippen molar-refractivity contribution in [3.63, 3.8) is 0 Å². The molecule has 0 saturated carbocycles. The highest BCUT2D eigenvalue weighted by Crippen LogP contribution is 2.27. The van der Waals surface area contributed by atoms with Crippen molar-refractivity contribution in [2.75, 3.05) is 19.6 Å². The molecule has 31 heavy (non-hydrogen) atoms. The maximum Gasteiger partial charge on any atom is 0.407 e. The van der Waals surface area contributed by atoms with Crippen LogP contribution in [0.5, 0.6) is 0 Å². The number of amides is 2. The van der Waals surface area contributed by atoms with Crippen molar-refractivity contribution >= 4 is 34.2 Å². The average molecular weight is 481 g/mol. The van der Waals surface area contributed by atoms with Crippen LogP contribution in [0.15, 0.2) is 0 Å². The van der Waals surface area contributed by atoms with E-state index in [1.54, 1.807) is 20.8 Å². The second kappa shape index (κ2) is 10.1. The highest BCUT2D eigenvalue weighted by atomic mass is 32.2. The molecule has 1 N–H and O–H groups in total. The molecule has 2 heterocycles. The molecule has 15 heteroatoms. The summed E-state index contributed by atoms with van der Waals surface area (Å²) in [5, 5.41) is 14.5. The number of carboxylic acid groups (broad SMARTS) is 1. The van der Waals surface area contributed by atoms with E-state index < -0.39 is 57.6 Å². The number of aromatic nitrogens is 2. The zero-order chi connectivity index (χ0) is 23.5. The highest BCUT2D eigenvalue weighted by Gasteiger charge is 2.36. The van der Waals surface area contributed by atoms with E-state index in [4.69, 9.17) is 9.57 Å². The molecule has 1 aliphatic rings.